The molecule has 0 amide bonds. The Bertz CT molecular complexity index is 308. The summed E-state index contributed by atoms with van der Waals surface area (Å²) in [6.07, 6.45) is 9.83. The standard InChI is InChI=1S/C14H24N2/c1-3-12(4-2)10-16-8-7-13(11-16)9-15-14-5-6-14/h7-8,11-12,14-15H,3-6,9-10H2,1-2H3. The van der Waals surface area contributed by atoms with Crippen LogP contribution in [0.3, 0.4) is 0 Å². The van der Waals surface area contributed by atoms with Gasteiger partial charge in [0.25, 0.3) is 0 Å². The Kier molecular flexibility index (Phi) is 4.05. The van der Waals surface area contributed by atoms with Gasteiger partial charge in [-0.3, -0.25) is 0 Å². The maximum absolute atomic E-state index is 3.55. The Morgan fingerprint density at radius 3 is 2.75 bits per heavy atom. The van der Waals surface area contributed by atoms with Crippen LogP contribution in [0, 0.1) is 5.92 Å². The van der Waals surface area contributed by atoms with Gasteiger partial charge in [0.2, 0.25) is 0 Å². The molecule has 1 aliphatic carbocycles. The minimum Gasteiger partial charge on any atom is -0.354 e. The van der Waals surface area contributed by atoms with E-state index in [1.54, 1.807) is 0 Å². The van der Waals surface area contributed by atoms with Crippen molar-refractivity contribution in [2.24, 2.45) is 5.92 Å². The molecule has 16 heavy (non-hydrogen) atoms. The third-order valence-electron chi connectivity index (χ3n) is 3.61. The van der Waals surface area contributed by atoms with Crippen molar-refractivity contribution in [2.45, 2.75) is 58.7 Å². The molecule has 2 heteroatoms. The summed E-state index contributed by atoms with van der Waals surface area (Å²) in [5.41, 5.74) is 1.43. The molecule has 0 aliphatic heterocycles. The van der Waals surface area contributed by atoms with Crippen LogP contribution in [0.1, 0.15) is 45.1 Å². The highest BCUT2D eigenvalue weighted by atomic mass is 15.0. The Morgan fingerprint density at radius 2 is 2.12 bits per heavy atom. The van der Waals surface area contributed by atoms with Crippen LogP contribution in [-0.2, 0) is 13.1 Å². The number of aromatic nitrogens is 1. The van der Waals surface area contributed by atoms with Gasteiger partial charge in [-0.1, -0.05) is 26.7 Å². The normalized spacial score (nSPS) is 15.9. The van der Waals surface area contributed by atoms with E-state index >= 15 is 0 Å². The minimum absolute atomic E-state index is 0.808. The summed E-state index contributed by atoms with van der Waals surface area (Å²) in [7, 11) is 0. The van der Waals surface area contributed by atoms with E-state index in [1.165, 1.54) is 37.8 Å². The molecule has 90 valence electrons. The van der Waals surface area contributed by atoms with Gasteiger partial charge in [0, 0.05) is 31.5 Å². The van der Waals surface area contributed by atoms with Gasteiger partial charge in [0.1, 0.15) is 0 Å². The topological polar surface area (TPSA) is 17.0 Å². The number of nitrogens with one attached hydrogen (secondary N) is 1. The van der Waals surface area contributed by atoms with Crippen molar-refractivity contribution in [1.29, 1.82) is 0 Å². The van der Waals surface area contributed by atoms with Crippen molar-refractivity contribution in [2.75, 3.05) is 0 Å². The van der Waals surface area contributed by atoms with E-state index in [1.807, 2.05) is 0 Å². The first-order valence-electron chi connectivity index (χ1n) is 6.69. The molecule has 0 bridgehead atoms. The third-order valence-corrected chi connectivity index (χ3v) is 3.61. The second-order valence-electron chi connectivity index (χ2n) is 5.05. The van der Waals surface area contributed by atoms with Crippen molar-refractivity contribution >= 4 is 0 Å². The molecule has 1 N–H and O–H groups in total. The van der Waals surface area contributed by atoms with Crippen LogP contribution in [0.25, 0.3) is 0 Å². The van der Waals surface area contributed by atoms with E-state index in [2.05, 4.69) is 42.2 Å². The van der Waals surface area contributed by atoms with Crippen LogP contribution in [-0.4, -0.2) is 10.6 Å². The van der Waals surface area contributed by atoms with Gasteiger partial charge in [-0.15, -0.1) is 0 Å². The number of rotatable bonds is 7. The first-order valence-corrected chi connectivity index (χ1v) is 6.69. The van der Waals surface area contributed by atoms with Crippen LogP contribution >= 0.6 is 0 Å². The van der Waals surface area contributed by atoms with Gasteiger partial charge in [0.15, 0.2) is 0 Å². The largest absolute Gasteiger partial charge is 0.354 e. The van der Waals surface area contributed by atoms with Crippen LogP contribution in [0.2, 0.25) is 0 Å². The molecule has 1 aromatic heterocycles. The molecule has 2 rings (SSSR count). The number of hydrogen-bond acceptors (Lipinski definition) is 1. The summed E-state index contributed by atoms with van der Waals surface area (Å²) in [5, 5.41) is 3.55. The molecular weight excluding hydrogens is 196 g/mol. The lowest BCUT2D eigenvalue weighted by Crippen LogP contribution is -2.14. The molecule has 0 aromatic carbocycles. The van der Waals surface area contributed by atoms with Gasteiger partial charge < -0.3 is 9.88 Å². The lowest BCUT2D eigenvalue weighted by molar-refractivity contribution is 0.419. The molecule has 2 nitrogen and oxygen atoms in total. The van der Waals surface area contributed by atoms with E-state index in [0.29, 0.717) is 0 Å². The zero-order valence-corrected chi connectivity index (χ0v) is 10.6. The maximum Gasteiger partial charge on any atom is 0.0247 e. The van der Waals surface area contributed by atoms with Crippen molar-refractivity contribution in [1.82, 2.24) is 9.88 Å². The van der Waals surface area contributed by atoms with E-state index in [9.17, 15) is 0 Å². The Hall–Kier alpha value is -0.760. The second-order valence-corrected chi connectivity index (χ2v) is 5.05. The molecule has 0 atom stereocenters. The lowest BCUT2D eigenvalue weighted by atomic mass is 10.0. The number of hydrogen-bond donors (Lipinski definition) is 1. The zero-order chi connectivity index (χ0) is 11.4. The highest BCUT2D eigenvalue weighted by Crippen LogP contribution is 2.19. The summed E-state index contributed by atoms with van der Waals surface area (Å²) in [6, 6.07) is 3.06. The fourth-order valence-electron chi connectivity index (χ4n) is 2.10. The average Bonchev–Trinajstić information content (AvgIpc) is 3.03. The fraction of sp³-hybridized carbons (Fsp3) is 0.714. The fourth-order valence-corrected chi connectivity index (χ4v) is 2.10. The quantitative estimate of drug-likeness (QED) is 0.747. The maximum atomic E-state index is 3.55. The van der Waals surface area contributed by atoms with E-state index < -0.39 is 0 Å². The van der Waals surface area contributed by atoms with Crippen molar-refractivity contribution in [3.8, 4) is 0 Å². The van der Waals surface area contributed by atoms with Crippen molar-refractivity contribution in [3.63, 3.8) is 0 Å². The van der Waals surface area contributed by atoms with E-state index in [-0.39, 0.29) is 0 Å². The first kappa shape index (κ1) is 11.7. The first-order chi connectivity index (χ1) is 7.81. The van der Waals surface area contributed by atoms with E-state index in [4.69, 9.17) is 0 Å². The molecule has 1 fully saturated rings. The molecule has 1 saturated carbocycles. The van der Waals surface area contributed by atoms with Gasteiger partial charge in [0.05, 0.1) is 0 Å². The highest BCUT2D eigenvalue weighted by Gasteiger charge is 2.19. The molecule has 1 aromatic rings. The summed E-state index contributed by atoms with van der Waals surface area (Å²) in [5.74, 6) is 0.830. The van der Waals surface area contributed by atoms with Crippen LogP contribution in [0.4, 0.5) is 0 Å². The van der Waals surface area contributed by atoms with Crippen molar-refractivity contribution in [3.05, 3.63) is 24.0 Å². The molecule has 1 heterocycles. The van der Waals surface area contributed by atoms with Gasteiger partial charge in [-0.2, -0.15) is 0 Å². The highest BCUT2D eigenvalue weighted by molar-refractivity contribution is 5.10. The van der Waals surface area contributed by atoms with Crippen LogP contribution < -0.4 is 5.32 Å². The Labute approximate surface area is 99.0 Å². The second kappa shape index (κ2) is 5.53. The summed E-state index contributed by atoms with van der Waals surface area (Å²) in [6.45, 7) is 6.79. The molecule has 0 unspecified atom stereocenters. The smallest absolute Gasteiger partial charge is 0.0247 e. The summed E-state index contributed by atoms with van der Waals surface area (Å²) in [4.78, 5) is 0. The number of nitrogens with zero attached hydrogens (tertiary/aromatic N) is 1. The molecule has 0 radical (unpaired) electrons. The van der Waals surface area contributed by atoms with Gasteiger partial charge in [-0.05, 0) is 30.4 Å². The SMILES string of the molecule is CCC(CC)Cn1ccc(CNC2CC2)c1. The van der Waals surface area contributed by atoms with Crippen LogP contribution in [0.15, 0.2) is 18.5 Å². The van der Waals surface area contributed by atoms with Crippen molar-refractivity contribution < 1.29 is 0 Å². The molecular formula is C14H24N2. The minimum atomic E-state index is 0.808. The predicted octanol–water partition coefficient (Wildman–Crippen LogP) is 3.18. The summed E-state index contributed by atoms with van der Waals surface area (Å²) < 4.78 is 2.35. The van der Waals surface area contributed by atoms with Gasteiger partial charge in [-0.25, -0.2) is 0 Å². The Balaban J connectivity index is 1.80. The molecule has 1 aliphatic rings. The van der Waals surface area contributed by atoms with Gasteiger partial charge >= 0.3 is 0 Å². The average molecular weight is 220 g/mol. The summed E-state index contributed by atoms with van der Waals surface area (Å²) >= 11 is 0. The Morgan fingerprint density at radius 1 is 1.38 bits per heavy atom. The van der Waals surface area contributed by atoms with E-state index in [0.717, 1.165) is 18.5 Å². The molecule has 0 saturated heterocycles. The predicted molar refractivity (Wildman–Crippen MR) is 68.4 cm³/mol. The lowest BCUT2D eigenvalue weighted by Gasteiger charge is -2.12. The molecule has 0 spiro atoms. The third kappa shape index (κ3) is 3.38. The monoisotopic (exact) mass is 220 g/mol. The zero-order valence-electron chi connectivity index (χ0n) is 10.6. The van der Waals surface area contributed by atoms with Crippen LogP contribution in [0.5, 0.6) is 0 Å².